The lowest BCUT2D eigenvalue weighted by Gasteiger charge is -2.15. The van der Waals surface area contributed by atoms with Gasteiger partial charge >= 0.3 is 0 Å². The highest BCUT2D eigenvalue weighted by atomic mass is 19.1. The Morgan fingerprint density at radius 3 is 2.62 bits per heavy atom. The van der Waals surface area contributed by atoms with Gasteiger partial charge in [0, 0.05) is 17.5 Å². The summed E-state index contributed by atoms with van der Waals surface area (Å²) in [5.74, 6) is 0.740. The van der Waals surface area contributed by atoms with E-state index in [1.165, 1.54) is 0 Å². The molecule has 4 aromatic rings. The Kier molecular flexibility index (Phi) is 8.79. The zero-order valence-corrected chi connectivity index (χ0v) is 19.0. The number of nitrogens with two attached hydrogens (primary N) is 2. The Labute approximate surface area is 197 Å². The van der Waals surface area contributed by atoms with Crippen molar-refractivity contribution in [3.8, 4) is 16.9 Å². The standard InChI is InChI=1S/C26H27FN2O2.CH2O2/c1-2-18-6-7-20(25(29)14-27)11-22(18)16-31-23-12-21-8-9-30-26(21)24(13-23)19-5-3-4-17(10-19)15-28;2-1-3/h3-13,25H,2,14-16,28-29H2,1H3;1H,(H,2,3). The second kappa shape index (κ2) is 12.0. The number of halogens is 1. The number of alkyl halides is 1. The van der Waals surface area contributed by atoms with Crippen molar-refractivity contribution in [1.82, 2.24) is 0 Å². The van der Waals surface area contributed by atoms with Crippen molar-refractivity contribution in [2.75, 3.05) is 6.67 Å². The van der Waals surface area contributed by atoms with Crippen LogP contribution in [0.25, 0.3) is 22.1 Å². The molecule has 0 bridgehead atoms. The number of hydrogen-bond donors (Lipinski definition) is 3. The second-order valence-corrected chi connectivity index (χ2v) is 7.75. The molecule has 178 valence electrons. The molecule has 0 spiro atoms. The Morgan fingerprint density at radius 2 is 1.91 bits per heavy atom. The fourth-order valence-electron chi connectivity index (χ4n) is 3.82. The summed E-state index contributed by atoms with van der Waals surface area (Å²) in [6.45, 7) is 2.10. The Balaban J connectivity index is 0.00000103. The van der Waals surface area contributed by atoms with Gasteiger partial charge in [-0.3, -0.25) is 4.79 Å². The van der Waals surface area contributed by atoms with Gasteiger partial charge in [-0.15, -0.1) is 0 Å². The molecule has 1 heterocycles. The van der Waals surface area contributed by atoms with E-state index in [2.05, 4.69) is 13.0 Å². The Hall–Kier alpha value is -3.68. The third-order valence-electron chi connectivity index (χ3n) is 5.60. The second-order valence-electron chi connectivity index (χ2n) is 7.75. The molecule has 3 aromatic carbocycles. The van der Waals surface area contributed by atoms with Crippen molar-refractivity contribution in [3.63, 3.8) is 0 Å². The summed E-state index contributed by atoms with van der Waals surface area (Å²) in [6.07, 6.45) is 2.55. The van der Waals surface area contributed by atoms with Crippen LogP contribution in [-0.4, -0.2) is 18.3 Å². The Morgan fingerprint density at radius 1 is 1.12 bits per heavy atom. The molecule has 0 aliphatic heterocycles. The summed E-state index contributed by atoms with van der Waals surface area (Å²) in [6, 6.07) is 19.2. The minimum absolute atomic E-state index is 0.250. The maximum Gasteiger partial charge on any atom is 0.290 e. The quantitative estimate of drug-likeness (QED) is 0.302. The van der Waals surface area contributed by atoms with Gasteiger partial charge in [-0.05, 0) is 58.5 Å². The summed E-state index contributed by atoms with van der Waals surface area (Å²) in [4.78, 5) is 8.36. The molecule has 1 aromatic heterocycles. The minimum Gasteiger partial charge on any atom is -0.489 e. The van der Waals surface area contributed by atoms with E-state index in [9.17, 15) is 4.39 Å². The maximum absolute atomic E-state index is 13.0. The van der Waals surface area contributed by atoms with Crippen LogP contribution in [0.3, 0.4) is 0 Å². The van der Waals surface area contributed by atoms with Crippen molar-refractivity contribution in [2.24, 2.45) is 11.5 Å². The van der Waals surface area contributed by atoms with Gasteiger partial charge < -0.3 is 25.7 Å². The van der Waals surface area contributed by atoms with E-state index in [4.69, 9.17) is 30.5 Å². The first kappa shape index (κ1) is 25.0. The van der Waals surface area contributed by atoms with Gasteiger partial charge in [0.25, 0.3) is 6.47 Å². The summed E-state index contributed by atoms with van der Waals surface area (Å²) in [5, 5.41) is 7.86. The minimum atomic E-state index is -0.617. The molecule has 0 saturated heterocycles. The number of aryl methyl sites for hydroxylation is 1. The number of rotatable bonds is 8. The highest BCUT2D eigenvalue weighted by Crippen LogP contribution is 2.34. The SMILES string of the molecule is CCc1ccc(C(N)CF)cc1COc1cc(-c2cccc(CN)c2)c2occc2c1.O=CO. The fraction of sp³-hybridized carbons (Fsp3) is 0.222. The summed E-state index contributed by atoms with van der Waals surface area (Å²) in [7, 11) is 0. The number of fused-ring (bicyclic) bond motifs is 1. The molecular weight excluding hydrogens is 435 g/mol. The normalized spacial score (nSPS) is 11.5. The van der Waals surface area contributed by atoms with Crippen LogP contribution in [0.1, 0.15) is 35.2 Å². The molecule has 4 rings (SSSR count). The van der Waals surface area contributed by atoms with Crippen molar-refractivity contribution in [3.05, 3.63) is 89.2 Å². The van der Waals surface area contributed by atoms with Gasteiger partial charge in [0.15, 0.2) is 0 Å². The molecule has 6 nitrogen and oxygen atoms in total. The zero-order valence-electron chi connectivity index (χ0n) is 19.0. The molecule has 7 heteroatoms. The average molecular weight is 465 g/mol. The molecule has 34 heavy (non-hydrogen) atoms. The van der Waals surface area contributed by atoms with Crippen molar-refractivity contribution < 1.29 is 23.4 Å². The molecule has 5 N–H and O–H groups in total. The number of carboxylic acid groups (broad SMARTS) is 1. The van der Waals surface area contributed by atoms with E-state index in [1.807, 2.05) is 54.6 Å². The molecule has 0 aliphatic carbocycles. The van der Waals surface area contributed by atoms with Crippen molar-refractivity contribution in [2.45, 2.75) is 32.5 Å². The lowest BCUT2D eigenvalue weighted by atomic mass is 9.99. The van der Waals surface area contributed by atoms with Crippen LogP contribution in [0, 0.1) is 0 Å². The number of ether oxygens (including phenoxy) is 1. The first-order valence-electron chi connectivity index (χ1n) is 11.0. The molecule has 0 fully saturated rings. The van der Waals surface area contributed by atoms with Crippen molar-refractivity contribution in [1.29, 1.82) is 0 Å². The first-order valence-corrected chi connectivity index (χ1v) is 11.0. The molecule has 0 saturated carbocycles. The van der Waals surface area contributed by atoms with E-state index in [-0.39, 0.29) is 6.47 Å². The number of benzene rings is 3. The average Bonchev–Trinajstić information content (AvgIpc) is 3.35. The molecule has 1 unspecified atom stereocenters. The fourth-order valence-corrected chi connectivity index (χ4v) is 3.82. The Bertz CT molecular complexity index is 1240. The largest absolute Gasteiger partial charge is 0.489 e. The van der Waals surface area contributed by atoms with Crippen LogP contribution >= 0.6 is 0 Å². The predicted molar refractivity (Wildman–Crippen MR) is 131 cm³/mol. The predicted octanol–water partition coefficient (Wildman–Crippen LogP) is 5.37. The van der Waals surface area contributed by atoms with Gasteiger partial charge in [0.1, 0.15) is 24.6 Å². The summed E-state index contributed by atoms with van der Waals surface area (Å²) in [5.41, 5.74) is 18.5. The molecule has 0 radical (unpaired) electrons. The number of hydrogen-bond acceptors (Lipinski definition) is 5. The maximum atomic E-state index is 13.0. The van der Waals surface area contributed by atoms with Crippen molar-refractivity contribution >= 4 is 17.4 Å². The van der Waals surface area contributed by atoms with Crippen LogP contribution in [-0.2, 0) is 24.4 Å². The molecule has 1 atom stereocenters. The zero-order chi connectivity index (χ0) is 24.5. The number of furan rings is 1. The topological polar surface area (TPSA) is 112 Å². The lowest BCUT2D eigenvalue weighted by Crippen LogP contribution is -2.13. The van der Waals surface area contributed by atoms with Crippen LogP contribution in [0.15, 0.2) is 71.3 Å². The highest BCUT2D eigenvalue weighted by molar-refractivity contribution is 5.94. The summed E-state index contributed by atoms with van der Waals surface area (Å²) < 4.78 is 25.0. The molecular formula is C27H29FN2O4. The molecule has 0 amide bonds. The van der Waals surface area contributed by atoms with E-state index in [0.29, 0.717) is 13.2 Å². The lowest BCUT2D eigenvalue weighted by molar-refractivity contribution is -0.122. The monoisotopic (exact) mass is 464 g/mol. The third-order valence-corrected chi connectivity index (χ3v) is 5.60. The van der Waals surface area contributed by atoms with Gasteiger partial charge in [0.05, 0.1) is 12.3 Å². The van der Waals surface area contributed by atoms with Gasteiger partial charge in [-0.25, -0.2) is 4.39 Å². The van der Waals surface area contributed by atoms with E-state index >= 15 is 0 Å². The van der Waals surface area contributed by atoms with E-state index in [0.717, 1.165) is 56.5 Å². The summed E-state index contributed by atoms with van der Waals surface area (Å²) >= 11 is 0. The third kappa shape index (κ3) is 5.81. The smallest absolute Gasteiger partial charge is 0.290 e. The van der Waals surface area contributed by atoms with Crippen LogP contribution in [0.5, 0.6) is 5.75 Å². The highest BCUT2D eigenvalue weighted by Gasteiger charge is 2.13. The van der Waals surface area contributed by atoms with Crippen LogP contribution in [0.4, 0.5) is 4.39 Å². The van der Waals surface area contributed by atoms with Crippen LogP contribution in [0.2, 0.25) is 0 Å². The first-order chi connectivity index (χ1) is 16.5. The van der Waals surface area contributed by atoms with Crippen LogP contribution < -0.4 is 16.2 Å². The van der Waals surface area contributed by atoms with E-state index in [1.54, 1.807) is 6.26 Å². The molecule has 0 aliphatic rings. The number of carbonyl (C=O) groups is 1. The van der Waals surface area contributed by atoms with Gasteiger partial charge in [-0.1, -0.05) is 43.3 Å². The van der Waals surface area contributed by atoms with E-state index < -0.39 is 12.7 Å². The van der Waals surface area contributed by atoms with Gasteiger partial charge in [-0.2, -0.15) is 0 Å². The van der Waals surface area contributed by atoms with Gasteiger partial charge in [0.2, 0.25) is 0 Å².